The third-order valence-corrected chi connectivity index (χ3v) is 2.25. The van der Waals surface area contributed by atoms with Gasteiger partial charge < -0.3 is 10.8 Å². The zero-order valence-electron chi connectivity index (χ0n) is 6.47. The number of anilines is 1. The van der Waals surface area contributed by atoms with Gasteiger partial charge in [-0.3, -0.25) is 4.98 Å². The fourth-order valence-corrected chi connectivity index (χ4v) is 1.33. The molecule has 0 aromatic carbocycles. The van der Waals surface area contributed by atoms with Crippen LogP contribution in [0.4, 0.5) is 14.5 Å². The predicted molar refractivity (Wildman–Crippen MR) is 47.2 cm³/mol. The van der Waals surface area contributed by atoms with E-state index in [1.807, 2.05) is 0 Å². The lowest BCUT2D eigenvalue weighted by Gasteiger charge is -2.08. The zero-order chi connectivity index (χ0) is 10.0. The average Bonchev–Trinajstić information content (AvgIpc) is 2.04. The van der Waals surface area contributed by atoms with Crippen LogP contribution >= 0.6 is 15.9 Å². The third-order valence-electron chi connectivity index (χ3n) is 1.57. The van der Waals surface area contributed by atoms with Crippen LogP contribution in [0.2, 0.25) is 0 Å². The first-order valence-electron chi connectivity index (χ1n) is 3.39. The molecule has 0 fully saturated rings. The first-order chi connectivity index (χ1) is 6.07. The van der Waals surface area contributed by atoms with E-state index in [9.17, 15) is 8.78 Å². The van der Waals surface area contributed by atoms with Crippen LogP contribution in [0, 0.1) is 0 Å². The monoisotopic (exact) mass is 252 g/mol. The van der Waals surface area contributed by atoms with Crippen LogP contribution in [-0.4, -0.2) is 10.1 Å². The van der Waals surface area contributed by atoms with Crippen molar-refractivity contribution in [3.05, 3.63) is 21.9 Å². The Morgan fingerprint density at radius 2 is 2.23 bits per heavy atom. The third kappa shape index (κ3) is 1.94. The quantitative estimate of drug-likeness (QED) is 0.845. The van der Waals surface area contributed by atoms with Crippen molar-refractivity contribution in [1.29, 1.82) is 0 Å². The van der Waals surface area contributed by atoms with E-state index in [2.05, 4.69) is 20.9 Å². The van der Waals surface area contributed by atoms with Crippen LogP contribution in [-0.2, 0) is 6.61 Å². The second kappa shape index (κ2) is 3.97. The molecular formula is C7H7BrF2N2O. The van der Waals surface area contributed by atoms with Gasteiger partial charge in [-0.05, 0) is 15.9 Å². The van der Waals surface area contributed by atoms with Crippen LogP contribution in [0.25, 0.3) is 0 Å². The Kier molecular flexibility index (Phi) is 3.16. The highest BCUT2D eigenvalue weighted by atomic mass is 79.9. The highest BCUT2D eigenvalue weighted by molar-refractivity contribution is 9.10. The molecule has 0 aliphatic carbocycles. The van der Waals surface area contributed by atoms with Crippen LogP contribution in [0.15, 0.2) is 10.7 Å². The van der Waals surface area contributed by atoms with Gasteiger partial charge >= 0.3 is 0 Å². The molecule has 0 amide bonds. The minimum atomic E-state index is -2.72. The van der Waals surface area contributed by atoms with E-state index in [0.29, 0.717) is 4.47 Å². The number of alkyl halides is 2. The maximum absolute atomic E-state index is 12.2. The maximum atomic E-state index is 12.2. The first-order valence-corrected chi connectivity index (χ1v) is 4.19. The smallest absolute Gasteiger partial charge is 0.282 e. The van der Waals surface area contributed by atoms with Gasteiger partial charge in [-0.1, -0.05) is 0 Å². The number of aliphatic hydroxyl groups excluding tert-OH is 1. The molecule has 0 unspecified atom stereocenters. The lowest BCUT2D eigenvalue weighted by Crippen LogP contribution is -2.04. The van der Waals surface area contributed by atoms with E-state index < -0.39 is 18.7 Å². The second-order valence-electron chi connectivity index (χ2n) is 2.34. The minimum absolute atomic E-state index is 0.160. The maximum Gasteiger partial charge on any atom is 0.282 e. The van der Waals surface area contributed by atoms with Crippen LogP contribution in [0.3, 0.4) is 0 Å². The summed E-state index contributed by atoms with van der Waals surface area (Å²) in [5, 5.41) is 8.82. The van der Waals surface area contributed by atoms with E-state index in [1.54, 1.807) is 0 Å². The first kappa shape index (κ1) is 10.3. The number of nitrogen functional groups attached to an aromatic ring is 1. The van der Waals surface area contributed by atoms with E-state index in [4.69, 9.17) is 10.8 Å². The number of pyridine rings is 1. The molecule has 13 heavy (non-hydrogen) atoms. The van der Waals surface area contributed by atoms with Gasteiger partial charge in [0.05, 0.1) is 12.3 Å². The Morgan fingerprint density at radius 3 is 2.69 bits per heavy atom. The van der Waals surface area contributed by atoms with Crippen LogP contribution in [0.1, 0.15) is 17.7 Å². The second-order valence-corrected chi connectivity index (χ2v) is 3.20. The van der Waals surface area contributed by atoms with Gasteiger partial charge in [0.25, 0.3) is 6.43 Å². The number of hydrogen-bond donors (Lipinski definition) is 2. The van der Waals surface area contributed by atoms with Crippen molar-refractivity contribution >= 4 is 21.6 Å². The fourth-order valence-electron chi connectivity index (χ4n) is 0.892. The molecule has 0 saturated heterocycles. The van der Waals surface area contributed by atoms with Crippen molar-refractivity contribution in [2.24, 2.45) is 0 Å². The molecule has 3 nitrogen and oxygen atoms in total. The Balaban J connectivity index is 3.27. The zero-order valence-corrected chi connectivity index (χ0v) is 8.05. The summed E-state index contributed by atoms with van der Waals surface area (Å²) in [6.45, 7) is -0.394. The van der Waals surface area contributed by atoms with Crippen LogP contribution < -0.4 is 5.73 Å². The molecule has 1 aromatic rings. The van der Waals surface area contributed by atoms with Crippen molar-refractivity contribution in [1.82, 2.24) is 4.98 Å². The van der Waals surface area contributed by atoms with E-state index in [1.165, 1.54) is 6.20 Å². The SMILES string of the molecule is Nc1c(C(F)F)ncc(Br)c1CO. The molecule has 0 aliphatic heterocycles. The summed E-state index contributed by atoms with van der Waals surface area (Å²) >= 11 is 3.04. The van der Waals surface area contributed by atoms with Crippen molar-refractivity contribution in [3.8, 4) is 0 Å². The largest absolute Gasteiger partial charge is 0.397 e. The van der Waals surface area contributed by atoms with Gasteiger partial charge in [0, 0.05) is 16.2 Å². The minimum Gasteiger partial charge on any atom is -0.397 e. The topological polar surface area (TPSA) is 59.1 Å². The molecular weight excluding hydrogens is 246 g/mol. The van der Waals surface area contributed by atoms with Gasteiger partial charge in [-0.25, -0.2) is 8.78 Å². The summed E-state index contributed by atoms with van der Waals surface area (Å²) in [6.07, 6.45) is -1.53. The molecule has 6 heteroatoms. The molecule has 72 valence electrons. The Labute approximate surface area is 81.7 Å². The number of aliphatic hydroxyl groups is 1. The Hall–Kier alpha value is -0.750. The molecule has 0 saturated carbocycles. The number of nitrogens with zero attached hydrogens (tertiary/aromatic N) is 1. The average molecular weight is 253 g/mol. The van der Waals surface area contributed by atoms with E-state index in [-0.39, 0.29) is 11.3 Å². The van der Waals surface area contributed by atoms with Gasteiger partial charge in [0.15, 0.2) is 0 Å². The van der Waals surface area contributed by atoms with E-state index in [0.717, 1.165) is 0 Å². The Morgan fingerprint density at radius 1 is 1.62 bits per heavy atom. The van der Waals surface area contributed by atoms with Gasteiger partial charge in [-0.2, -0.15) is 0 Å². The van der Waals surface area contributed by atoms with Gasteiger partial charge in [-0.15, -0.1) is 0 Å². The van der Waals surface area contributed by atoms with E-state index >= 15 is 0 Å². The predicted octanol–water partition coefficient (Wildman–Crippen LogP) is 1.86. The fraction of sp³-hybridized carbons (Fsp3) is 0.286. The number of halogens is 3. The highest BCUT2D eigenvalue weighted by Gasteiger charge is 2.17. The van der Waals surface area contributed by atoms with Crippen molar-refractivity contribution in [3.63, 3.8) is 0 Å². The summed E-state index contributed by atoms with van der Waals surface area (Å²) in [6, 6.07) is 0. The molecule has 1 aromatic heterocycles. The Bertz CT molecular complexity index is 320. The molecule has 1 rings (SSSR count). The molecule has 0 aliphatic rings. The number of hydrogen-bond acceptors (Lipinski definition) is 3. The van der Waals surface area contributed by atoms with Gasteiger partial charge in [0.1, 0.15) is 5.69 Å². The van der Waals surface area contributed by atoms with Crippen molar-refractivity contribution < 1.29 is 13.9 Å². The summed E-state index contributed by atoms with van der Waals surface area (Å²) in [5.74, 6) is 0. The number of aromatic nitrogens is 1. The van der Waals surface area contributed by atoms with Crippen molar-refractivity contribution in [2.45, 2.75) is 13.0 Å². The summed E-state index contributed by atoms with van der Waals surface area (Å²) in [7, 11) is 0. The molecule has 3 N–H and O–H groups in total. The number of nitrogens with two attached hydrogens (primary N) is 1. The summed E-state index contributed by atoms with van der Waals surface area (Å²) < 4.78 is 24.9. The summed E-state index contributed by atoms with van der Waals surface area (Å²) in [4.78, 5) is 3.45. The normalized spacial score (nSPS) is 10.8. The summed E-state index contributed by atoms with van der Waals surface area (Å²) in [5.41, 5.74) is 4.95. The van der Waals surface area contributed by atoms with Gasteiger partial charge in [0.2, 0.25) is 0 Å². The highest BCUT2D eigenvalue weighted by Crippen LogP contribution is 2.29. The molecule has 0 spiro atoms. The lowest BCUT2D eigenvalue weighted by molar-refractivity contribution is 0.146. The standard InChI is InChI=1S/C7H7BrF2N2O/c8-4-1-12-6(7(9)10)5(11)3(4)2-13/h1,7,13H,2,11H2. The molecule has 0 radical (unpaired) electrons. The number of rotatable bonds is 2. The lowest BCUT2D eigenvalue weighted by atomic mass is 10.2. The van der Waals surface area contributed by atoms with Crippen molar-refractivity contribution in [2.75, 3.05) is 5.73 Å². The molecule has 0 atom stereocenters. The molecule has 0 bridgehead atoms. The van der Waals surface area contributed by atoms with Crippen LogP contribution in [0.5, 0.6) is 0 Å². The molecule has 1 heterocycles.